The lowest BCUT2D eigenvalue weighted by molar-refractivity contribution is -0.145. The van der Waals surface area contributed by atoms with Crippen molar-refractivity contribution in [1.82, 2.24) is 9.80 Å². The van der Waals surface area contributed by atoms with Crippen molar-refractivity contribution in [3.05, 3.63) is 11.8 Å². The Balaban J connectivity index is 1.69. The van der Waals surface area contributed by atoms with Crippen molar-refractivity contribution in [2.24, 2.45) is 11.8 Å². The number of nitrogens with zero attached hydrogens (tertiary/aromatic N) is 2. The maximum Gasteiger partial charge on any atom is 0.231 e. The van der Waals surface area contributed by atoms with Gasteiger partial charge in [0.25, 0.3) is 0 Å². The first-order valence-electron chi connectivity index (χ1n) is 7.60. The predicted molar refractivity (Wildman–Crippen MR) is 69.8 cm³/mol. The van der Waals surface area contributed by atoms with Gasteiger partial charge in [-0.1, -0.05) is 12.5 Å². The minimum atomic E-state index is 0.305. The molecule has 98 valence electrons. The predicted octanol–water partition coefficient (Wildman–Crippen LogP) is 2.00. The second-order valence-electron chi connectivity index (χ2n) is 6.36. The van der Waals surface area contributed by atoms with E-state index in [4.69, 9.17) is 0 Å². The average molecular weight is 246 g/mol. The van der Waals surface area contributed by atoms with Crippen molar-refractivity contribution < 1.29 is 4.79 Å². The number of amides is 1. The zero-order chi connectivity index (χ0) is 12.1. The van der Waals surface area contributed by atoms with Crippen LogP contribution in [0.15, 0.2) is 11.8 Å². The van der Waals surface area contributed by atoms with E-state index in [1.54, 1.807) is 0 Å². The highest BCUT2D eigenvalue weighted by atomic mass is 16.2. The highest BCUT2D eigenvalue weighted by molar-refractivity contribution is 5.83. The third kappa shape index (κ3) is 1.49. The number of piperidine rings is 3. The molecule has 4 rings (SSSR count). The molecule has 4 aliphatic rings. The van der Waals surface area contributed by atoms with Crippen LogP contribution >= 0.6 is 0 Å². The number of carbonyl (C=O) groups excluding carboxylic acids is 1. The molecule has 0 aromatic rings. The van der Waals surface area contributed by atoms with E-state index in [2.05, 4.69) is 15.9 Å². The minimum Gasteiger partial charge on any atom is -0.316 e. The summed E-state index contributed by atoms with van der Waals surface area (Å²) in [7, 11) is 0. The zero-order valence-corrected chi connectivity index (χ0v) is 11.0. The maximum absolute atomic E-state index is 12.7. The van der Waals surface area contributed by atoms with E-state index in [1.165, 1.54) is 44.5 Å². The first kappa shape index (κ1) is 11.0. The van der Waals surface area contributed by atoms with Gasteiger partial charge >= 0.3 is 0 Å². The van der Waals surface area contributed by atoms with Crippen LogP contribution in [-0.4, -0.2) is 41.4 Å². The van der Waals surface area contributed by atoms with Crippen LogP contribution in [0.25, 0.3) is 0 Å². The highest BCUT2D eigenvalue weighted by Gasteiger charge is 2.48. The second-order valence-corrected chi connectivity index (χ2v) is 6.36. The van der Waals surface area contributed by atoms with Gasteiger partial charge in [0.05, 0.1) is 5.92 Å². The van der Waals surface area contributed by atoms with Crippen LogP contribution in [0.1, 0.15) is 38.5 Å². The van der Waals surface area contributed by atoms with Crippen LogP contribution in [0.4, 0.5) is 0 Å². The Morgan fingerprint density at radius 1 is 1.17 bits per heavy atom. The monoisotopic (exact) mass is 246 g/mol. The van der Waals surface area contributed by atoms with E-state index in [0.717, 1.165) is 19.4 Å². The van der Waals surface area contributed by atoms with Crippen LogP contribution in [-0.2, 0) is 4.79 Å². The molecule has 4 heterocycles. The molecular formula is C15H22N2O. The summed E-state index contributed by atoms with van der Waals surface area (Å²) < 4.78 is 0. The van der Waals surface area contributed by atoms with Gasteiger partial charge in [-0.05, 0) is 38.6 Å². The molecule has 3 fully saturated rings. The Morgan fingerprint density at radius 2 is 2.11 bits per heavy atom. The largest absolute Gasteiger partial charge is 0.316 e. The Bertz CT molecular complexity index is 403. The van der Waals surface area contributed by atoms with E-state index in [0.29, 0.717) is 23.8 Å². The molecule has 0 saturated carbocycles. The van der Waals surface area contributed by atoms with Crippen molar-refractivity contribution in [3.63, 3.8) is 0 Å². The summed E-state index contributed by atoms with van der Waals surface area (Å²) in [6.45, 7) is 3.40. The van der Waals surface area contributed by atoms with Gasteiger partial charge in [-0.15, -0.1) is 0 Å². The summed E-state index contributed by atoms with van der Waals surface area (Å²) in [6, 6.07) is 0.561. The number of carbonyl (C=O) groups is 1. The molecule has 1 amide bonds. The Kier molecular flexibility index (Phi) is 2.51. The molecule has 3 saturated heterocycles. The molecule has 0 spiro atoms. The molecule has 2 bridgehead atoms. The fourth-order valence-corrected chi connectivity index (χ4v) is 4.56. The van der Waals surface area contributed by atoms with Gasteiger partial charge in [-0.25, -0.2) is 0 Å². The zero-order valence-electron chi connectivity index (χ0n) is 11.0. The normalized spacial score (nSPS) is 40.0. The Hall–Kier alpha value is -0.830. The molecule has 0 radical (unpaired) electrons. The number of rotatable bonds is 0. The first-order valence-corrected chi connectivity index (χ1v) is 7.60. The fourth-order valence-electron chi connectivity index (χ4n) is 4.56. The molecular weight excluding hydrogens is 224 g/mol. The van der Waals surface area contributed by atoms with Gasteiger partial charge in [0, 0.05) is 30.7 Å². The van der Waals surface area contributed by atoms with Crippen molar-refractivity contribution in [3.8, 4) is 0 Å². The lowest BCUT2D eigenvalue weighted by Gasteiger charge is -2.53. The SMILES string of the molecule is O=C1[C@H]2C[C@H](CN3CCCC[C@@H]23)C2=CCCCN12. The average Bonchev–Trinajstić information content (AvgIpc) is 2.44. The van der Waals surface area contributed by atoms with E-state index >= 15 is 0 Å². The summed E-state index contributed by atoms with van der Waals surface area (Å²) in [5.41, 5.74) is 1.37. The smallest absolute Gasteiger partial charge is 0.231 e. The Morgan fingerprint density at radius 3 is 3.06 bits per heavy atom. The summed E-state index contributed by atoms with van der Waals surface area (Å²) in [5.74, 6) is 1.38. The second kappa shape index (κ2) is 4.09. The standard InChI is InChI=1S/C15H22N2O/c18-15-12-9-11(13-5-2-4-8-17(13)15)10-16-7-3-1-6-14(12)16/h5,11-12,14H,1-4,6-10H2/t11-,12+,14+/m1/s1. The van der Waals surface area contributed by atoms with Gasteiger partial charge in [0.15, 0.2) is 0 Å². The summed E-state index contributed by atoms with van der Waals surface area (Å²) in [4.78, 5) is 17.4. The molecule has 3 nitrogen and oxygen atoms in total. The number of hydrogen-bond donors (Lipinski definition) is 0. The van der Waals surface area contributed by atoms with E-state index < -0.39 is 0 Å². The molecule has 0 unspecified atom stereocenters. The van der Waals surface area contributed by atoms with Gasteiger partial charge in [0.2, 0.25) is 5.91 Å². The Labute approximate surface area is 109 Å². The van der Waals surface area contributed by atoms with Crippen LogP contribution in [0.5, 0.6) is 0 Å². The molecule has 3 atom stereocenters. The van der Waals surface area contributed by atoms with Crippen molar-refractivity contribution in [1.29, 1.82) is 0 Å². The lowest BCUT2D eigenvalue weighted by atomic mass is 9.73. The molecule has 0 N–H and O–H groups in total. The minimum absolute atomic E-state index is 0.305. The summed E-state index contributed by atoms with van der Waals surface area (Å²) in [5, 5.41) is 0. The third-order valence-electron chi connectivity index (χ3n) is 5.37. The highest BCUT2D eigenvalue weighted by Crippen LogP contribution is 2.43. The van der Waals surface area contributed by atoms with Gasteiger partial charge < -0.3 is 4.90 Å². The van der Waals surface area contributed by atoms with Crippen LogP contribution in [0.3, 0.4) is 0 Å². The van der Waals surface area contributed by atoms with E-state index in [-0.39, 0.29) is 0 Å². The molecule has 3 heteroatoms. The third-order valence-corrected chi connectivity index (χ3v) is 5.37. The summed E-state index contributed by atoms with van der Waals surface area (Å²) >= 11 is 0. The van der Waals surface area contributed by atoms with Crippen molar-refractivity contribution in [2.75, 3.05) is 19.6 Å². The van der Waals surface area contributed by atoms with Gasteiger partial charge in [-0.3, -0.25) is 9.69 Å². The van der Waals surface area contributed by atoms with Gasteiger partial charge in [-0.2, -0.15) is 0 Å². The lowest BCUT2D eigenvalue weighted by Crippen LogP contribution is -2.60. The van der Waals surface area contributed by atoms with Crippen molar-refractivity contribution >= 4 is 5.91 Å². The molecule has 0 aromatic heterocycles. The van der Waals surface area contributed by atoms with E-state index in [9.17, 15) is 4.79 Å². The van der Waals surface area contributed by atoms with E-state index in [1.807, 2.05) is 0 Å². The number of allylic oxidation sites excluding steroid dienone is 1. The van der Waals surface area contributed by atoms with Crippen LogP contribution < -0.4 is 0 Å². The summed E-state index contributed by atoms with van der Waals surface area (Å²) in [6.07, 6.45) is 9.68. The van der Waals surface area contributed by atoms with Crippen LogP contribution in [0, 0.1) is 11.8 Å². The van der Waals surface area contributed by atoms with Gasteiger partial charge in [0.1, 0.15) is 0 Å². The number of hydrogen-bond acceptors (Lipinski definition) is 2. The number of fused-ring (bicyclic) bond motifs is 6. The fraction of sp³-hybridized carbons (Fsp3) is 0.800. The molecule has 0 aliphatic carbocycles. The molecule has 4 aliphatic heterocycles. The maximum atomic E-state index is 12.7. The molecule has 18 heavy (non-hydrogen) atoms. The topological polar surface area (TPSA) is 23.6 Å². The van der Waals surface area contributed by atoms with Crippen molar-refractivity contribution in [2.45, 2.75) is 44.6 Å². The quantitative estimate of drug-likeness (QED) is 0.652. The van der Waals surface area contributed by atoms with Crippen LogP contribution in [0.2, 0.25) is 0 Å². The molecule has 0 aromatic carbocycles. The first-order chi connectivity index (χ1) is 8.84.